The van der Waals surface area contributed by atoms with Gasteiger partial charge >= 0.3 is 0 Å². The van der Waals surface area contributed by atoms with Crippen LogP contribution in [-0.4, -0.2) is 5.38 Å². The molecule has 0 aromatic rings. The number of hydrogen-bond donors (Lipinski definition) is 0. The molecule has 1 rings (SSSR count). The molecule has 0 aliphatic heterocycles. The van der Waals surface area contributed by atoms with Crippen molar-refractivity contribution in [3.8, 4) is 0 Å². The Hall–Kier alpha value is -0.0400. The fourth-order valence-electron chi connectivity index (χ4n) is 0.770. The summed E-state index contributed by atoms with van der Waals surface area (Å²) < 4.78 is 12.2. The number of halogens is 2. The van der Waals surface area contributed by atoms with E-state index in [-0.39, 0.29) is 11.2 Å². The van der Waals surface area contributed by atoms with E-state index in [9.17, 15) is 4.39 Å². The molecule has 0 amide bonds. The van der Waals surface area contributed by atoms with Gasteiger partial charge < -0.3 is 0 Å². The van der Waals surface area contributed by atoms with Crippen molar-refractivity contribution in [2.75, 3.05) is 0 Å². The average molecular weight is 135 g/mol. The van der Waals surface area contributed by atoms with E-state index < -0.39 is 0 Å². The minimum atomic E-state index is 0.00176. The first kappa shape index (κ1) is 6.09. The molecule has 0 saturated heterocycles. The van der Waals surface area contributed by atoms with Gasteiger partial charge in [-0.05, 0) is 12.8 Å². The van der Waals surface area contributed by atoms with Crippen LogP contribution in [-0.2, 0) is 0 Å². The Balaban J connectivity index is 2.42. The molecule has 0 nitrogen and oxygen atoms in total. The monoisotopic (exact) mass is 134 g/mol. The molecule has 0 bridgehead atoms. The van der Waals surface area contributed by atoms with Crippen LogP contribution in [0, 0.1) is 0 Å². The Morgan fingerprint density at radius 1 is 1.75 bits per heavy atom. The third kappa shape index (κ3) is 1.48. The molecule has 0 spiro atoms. The summed E-state index contributed by atoms with van der Waals surface area (Å²) in [5, 5.41) is 0.175. The lowest BCUT2D eigenvalue weighted by atomic mass is 10.1. The quantitative estimate of drug-likeness (QED) is 0.447. The van der Waals surface area contributed by atoms with Gasteiger partial charge in [-0.2, -0.15) is 0 Å². The summed E-state index contributed by atoms with van der Waals surface area (Å²) >= 11 is 5.67. The Kier molecular flexibility index (Phi) is 1.90. The highest BCUT2D eigenvalue weighted by Crippen LogP contribution is 2.22. The molecule has 1 aliphatic rings. The predicted molar refractivity (Wildman–Crippen MR) is 32.7 cm³/mol. The molecule has 1 atom stereocenters. The first-order chi connectivity index (χ1) is 3.79. The number of rotatable bonds is 0. The SMILES string of the molecule is FC1=CCC(Cl)CC1. The summed E-state index contributed by atoms with van der Waals surface area (Å²) in [6.45, 7) is 0. The van der Waals surface area contributed by atoms with E-state index in [0.29, 0.717) is 12.8 Å². The van der Waals surface area contributed by atoms with Gasteiger partial charge in [-0.15, -0.1) is 11.6 Å². The lowest BCUT2D eigenvalue weighted by Gasteiger charge is -2.10. The number of alkyl halides is 1. The van der Waals surface area contributed by atoms with Gasteiger partial charge in [0.1, 0.15) is 0 Å². The summed E-state index contributed by atoms with van der Waals surface area (Å²) in [6.07, 6.45) is 3.60. The summed E-state index contributed by atoms with van der Waals surface area (Å²) in [5.41, 5.74) is 0. The second-order valence-corrected chi connectivity index (χ2v) is 2.64. The smallest absolute Gasteiger partial charge is 0.0960 e. The molecule has 0 saturated carbocycles. The Morgan fingerprint density at radius 2 is 2.50 bits per heavy atom. The molecule has 0 radical (unpaired) electrons. The average Bonchev–Trinajstić information content (AvgIpc) is 1.77. The second kappa shape index (κ2) is 2.49. The molecule has 1 aliphatic carbocycles. The Bertz CT molecular complexity index is 109. The fraction of sp³-hybridized carbons (Fsp3) is 0.667. The van der Waals surface area contributed by atoms with Gasteiger partial charge in [0.15, 0.2) is 0 Å². The molecule has 0 N–H and O–H groups in total. The van der Waals surface area contributed by atoms with E-state index in [2.05, 4.69) is 0 Å². The molecule has 0 aromatic heterocycles. The highest BCUT2D eigenvalue weighted by Gasteiger charge is 2.09. The largest absolute Gasteiger partial charge is 0.212 e. The van der Waals surface area contributed by atoms with E-state index in [1.54, 1.807) is 6.08 Å². The molecule has 8 heavy (non-hydrogen) atoms. The molecular weight excluding hydrogens is 127 g/mol. The van der Waals surface area contributed by atoms with E-state index >= 15 is 0 Å². The normalized spacial score (nSPS) is 29.8. The van der Waals surface area contributed by atoms with Crippen LogP contribution in [0.3, 0.4) is 0 Å². The van der Waals surface area contributed by atoms with Crippen LogP contribution in [0.2, 0.25) is 0 Å². The number of hydrogen-bond acceptors (Lipinski definition) is 0. The summed E-state index contributed by atoms with van der Waals surface area (Å²) in [7, 11) is 0. The van der Waals surface area contributed by atoms with Gasteiger partial charge in [0.2, 0.25) is 0 Å². The van der Waals surface area contributed by atoms with Crippen LogP contribution < -0.4 is 0 Å². The highest BCUT2D eigenvalue weighted by atomic mass is 35.5. The molecule has 0 heterocycles. The van der Waals surface area contributed by atoms with E-state index in [1.807, 2.05) is 0 Å². The van der Waals surface area contributed by atoms with Crippen molar-refractivity contribution < 1.29 is 4.39 Å². The van der Waals surface area contributed by atoms with E-state index in [0.717, 1.165) is 6.42 Å². The zero-order valence-corrected chi connectivity index (χ0v) is 5.29. The van der Waals surface area contributed by atoms with Crippen molar-refractivity contribution in [1.29, 1.82) is 0 Å². The van der Waals surface area contributed by atoms with Gasteiger partial charge in [-0.25, -0.2) is 4.39 Å². The molecular formula is C6H8ClF. The Morgan fingerprint density at radius 3 is 2.88 bits per heavy atom. The van der Waals surface area contributed by atoms with Gasteiger partial charge in [0.05, 0.1) is 5.83 Å². The highest BCUT2D eigenvalue weighted by molar-refractivity contribution is 6.20. The van der Waals surface area contributed by atoms with Crippen molar-refractivity contribution in [1.82, 2.24) is 0 Å². The van der Waals surface area contributed by atoms with Crippen molar-refractivity contribution in [2.24, 2.45) is 0 Å². The van der Waals surface area contributed by atoms with Crippen molar-refractivity contribution in [2.45, 2.75) is 24.6 Å². The minimum Gasteiger partial charge on any atom is -0.212 e. The predicted octanol–water partition coefficient (Wildman–Crippen LogP) is 2.63. The van der Waals surface area contributed by atoms with Gasteiger partial charge in [0.25, 0.3) is 0 Å². The summed E-state index contributed by atoms with van der Waals surface area (Å²) in [6, 6.07) is 0. The maximum atomic E-state index is 12.2. The number of allylic oxidation sites excluding steroid dienone is 2. The maximum Gasteiger partial charge on any atom is 0.0960 e. The Labute approximate surface area is 53.3 Å². The third-order valence-electron chi connectivity index (χ3n) is 1.29. The van der Waals surface area contributed by atoms with Crippen LogP contribution in [0.1, 0.15) is 19.3 Å². The van der Waals surface area contributed by atoms with Gasteiger partial charge in [-0.3, -0.25) is 0 Å². The summed E-state index contributed by atoms with van der Waals surface area (Å²) in [4.78, 5) is 0. The first-order valence-electron chi connectivity index (χ1n) is 2.77. The first-order valence-corrected chi connectivity index (χ1v) is 3.21. The van der Waals surface area contributed by atoms with Crippen LogP contribution in [0.25, 0.3) is 0 Å². The van der Waals surface area contributed by atoms with Crippen molar-refractivity contribution in [3.05, 3.63) is 11.9 Å². The molecule has 0 aromatic carbocycles. The lowest BCUT2D eigenvalue weighted by Crippen LogP contribution is -2.01. The molecule has 1 unspecified atom stereocenters. The molecule has 0 fully saturated rings. The molecule has 46 valence electrons. The van der Waals surface area contributed by atoms with Crippen LogP contribution in [0.15, 0.2) is 11.9 Å². The van der Waals surface area contributed by atoms with Crippen LogP contribution in [0.5, 0.6) is 0 Å². The van der Waals surface area contributed by atoms with Gasteiger partial charge in [-0.1, -0.05) is 6.08 Å². The van der Waals surface area contributed by atoms with Gasteiger partial charge in [0, 0.05) is 11.8 Å². The second-order valence-electron chi connectivity index (χ2n) is 2.02. The van der Waals surface area contributed by atoms with Crippen LogP contribution >= 0.6 is 11.6 Å². The zero-order chi connectivity index (χ0) is 5.98. The lowest BCUT2D eigenvalue weighted by molar-refractivity contribution is 0.536. The van der Waals surface area contributed by atoms with E-state index in [4.69, 9.17) is 11.6 Å². The zero-order valence-electron chi connectivity index (χ0n) is 4.53. The standard InChI is InChI=1S/C6H8ClF/c7-5-1-3-6(8)4-2-5/h3,5H,1-2,4H2. The van der Waals surface area contributed by atoms with E-state index in [1.165, 1.54) is 0 Å². The fourth-order valence-corrected chi connectivity index (χ4v) is 0.968. The summed E-state index contributed by atoms with van der Waals surface area (Å²) in [5.74, 6) is 0.00176. The van der Waals surface area contributed by atoms with Crippen molar-refractivity contribution in [3.63, 3.8) is 0 Å². The minimum absolute atomic E-state index is 0.00176. The van der Waals surface area contributed by atoms with Crippen molar-refractivity contribution >= 4 is 11.6 Å². The third-order valence-corrected chi connectivity index (χ3v) is 1.69. The molecule has 2 heteroatoms. The van der Waals surface area contributed by atoms with Crippen LogP contribution in [0.4, 0.5) is 4.39 Å². The topological polar surface area (TPSA) is 0 Å². The maximum absolute atomic E-state index is 12.2.